The minimum absolute atomic E-state index is 0. The van der Waals surface area contributed by atoms with Crippen LogP contribution in [0.5, 0.6) is 0 Å². The Morgan fingerprint density at radius 1 is 1.21 bits per heavy atom. The highest BCUT2D eigenvalue weighted by molar-refractivity contribution is 5.14. The molecular formula is C16H26N2O. The highest BCUT2D eigenvalue weighted by atomic mass is 16.5. The van der Waals surface area contributed by atoms with Crippen molar-refractivity contribution in [1.29, 1.82) is 0 Å². The SMILES string of the molecule is CCc1cnc[nH]1.COCCCCc1ccccc1.[HH]. The average molecular weight is 262 g/mol. The fraction of sp³-hybridized carbons (Fsp3) is 0.438. The van der Waals surface area contributed by atoms with Crippen molar-refractivity contribution < 1.29 is 6.16 Å². The third kappa shape index (κ3) is 7.42. The highest BCUT2D eigenvalue weighted by Gasteiger charge is 1.90. The molecule has 0 aliphatic heterocycles. The van der Waals surface area contributed by atoms with Crippen LogP contribution in [0.4, 0.5) is 0 Å². The molecule has 0 bridgehead atoms. The van der Waals surface area contributed by atoms with Gasteiger partial charge in [-0.25, -0.2) is 4.98 Å². The first-order chi connectivity index (χ1) is 9.36. The van der Waals surface area contributed by atoms with Gasteiger partial charge in [0.25, 0.3) is 0 Å². The van der Waals surface area contributed by atoms with Gasteiger partial charge in [0, 0.05) is 27.0 Å². The number of aromatic nitrogens is 2. The van der Waals surface area contributed by atoms with E-state index in [2.05, 4.69) is 47.2 Å². The Morgan fingerprint density at radius 3 is 2.53 bits per heavy atom. The Balaban J connectivity index is 0.000000387. The first-order valence-corrected chi connectivity index (χ1v) is 6.87. The Labute approximate surface area is 117 Å². The van der Waals surface area contributed by atoms with Crippen LogP contribution in [0.25, 0.3) is 0 Å². The van der Waals surface area contributed by atoms with E-state index in [-0.39, 0.29) is 1.43 Å². The van der Waals surface area contributed by atoms with Crippen LogP contribution in [0.15, 0.2) is 42.9 Å². The summed E-state index contributed by atoms with van der Waals surface area (Å²) in [6, 6.07) is 10.6. The van der Waals surface area contributed by atoms with Gasteiger partial charge < -0.3 is 9.72 Å². The van der Waals surface area contributed by atoms with Crippen molar-refractivity contribution >= 4 is 0 Å². The number of nitrogens with one attached hydrogen (secondary N) is 1. The van der Waals surface area contributed by atoms with E-state index in [1.165, 1.54) is 24.1 Å². The number of imidazole rings is 1. The number of methoxy groups -OCH3 is 1. The monoisotopic (exact) mass is 262 g/mol. The number of hydrogen-bond donors (Lipinski definition) is 1. The van der Waals surface area contributed by atoms with E-state index in [9.17, 15) is 0 Å². The number of unbranched alkanes of at least 4 members (excludes halogenated alkanes) is 1. The zero-order valence-electron chi connectivity index (χ0n) is 11.9. The maximum Gasteiger partial charge on any atom is 0.0921 e. The quantitative estimate of drug-likeness (QED) is 0.802. The molecule has 3 heteroatoms. The lowest BCUT2D eigenvalue weighted by molar-refractivity contribution is 0.193. The van der Waals surface area contributed by atoms with Crippen LogP contribution in [0.1, 0.15) is 32.4 Å². The normalized spacial score (nSPS) is 9.79. The maximum atomic E-state index is 4.98. The molecule has 1 aromatic heterocycles. The van der Waals surface area contributed by atoms with Crippen LogP contribution in [0.3, 0.4) is 0 Å². The number of nitrogens with zero attached hydrogens (tertiary/aromatic N) is 1. The van der Waals surface area contributed by atoms with E-state index in [1.807, 2.05) is 6.20 Å². The molecule has 1 heterocycles. The summed E-state index contributed by atoms with van der Waals surface area (Å²) in [5.41, 5.74) is 2.62. The second-order valence-corrected chi connectivity index (χ2v) is 4.37. The Hall–Kier alpha value is -1.61. The molecule has 2 rings (SSSR count). The van der Waals surface area contributed by atoms with Crippen LogP contribution in [0.2, 0.25) is 0 Å². The first kappa shape index (κ1) is 15.4. The van der Waals surface area contributed by atoms with Crippen LogP contribution in [-0.4, -0.2) is 23.7 Å². The largest absolute Gasteiger partial charge is 0.385 e. The number of rotatable bonds is 6. The summed E-state index contributed by atoms with van der Waals surface area (Å²) < 4.78 is 4.98. The van der Waals surface area contributed by atoms with Gasteiger partial charge in [-0.3, -0.25) is 0 Å². The third-order valence-corrected chi connectivity index (χ3v) is 2.84. The third-order valence-electron chi connectivity index (χ3n) is 2.84. The van der Waals surface area contributed by atoms with Crippen molar-refractivity contribution in [1.82, 2.24) is 9.97 Å². The lowest BCUT2D eigenvalue weighted by Crippen LogP contribution is -1.90. The van der Waals surface area contributed by atoms with Gasteiger partial charge >= 0.3 is 0 Å². The minimum atomic E-state index is 0. The summed E-state index contributed by atoms with van der Waals surface area (Å²) >= 11 is 0. The maximum absolute atomic E-state index is 4.98. The fourth-order valence-corrected chi connectivity index (χ4v) is 1.70. The number of H-pyrrole nitrogens is 1. The zero-order valence-corrected chi connectivity index (χ0v) is 11.9. The van der Waals surface area contributed by atoms with Gasteiger partial charge in [0.15, 0.2) is 0 Å². The van der Waals surface area contributed by atoms with Crippen molar-refractivity contribution in [2.45, 2.75) is 32.6 Å². The number of benzene rings is 1. The number of aryl methyl sites for hydroxylation is 2. The molecule has 0 saturated carbocycles. The predicted molar refractivity (Wildman–Crippen MR) is 81.3 cm³/mol. The molecule has 3 nitrogen and oxygen atoms in total. The summed E-state index contributed by atoms with van der Waals surface area (Å²) in [5, 5.41) is 0. The predicted octanol–water partition coefficient (Wildman–Crippen LogP) is 3.87. The van der Waals surface area contributed by atoms with Crippen molar-refractivity contribution in [2.24, 2.45) is 0 Å². The summed E-state index contributed by atoms with van der Waals surface area (Å²) in [6.45, 7) is 2.97. The summed E-state index contributed by atoms with van der Waals surface area (Å²) in [7, 11) is 1.75. The fourth-order valence-electron chi connectivity index (χ4n) is 1.70. The molecule has 0 unspecified atom stereocenters. The molecule has 0 fully saturated rings. The molecule has 106 valence electrons. The Bertz CT molecular complexity index is 404. The van der Waals surface area contributed by atoms with Gasteiger partial charge in [0.1, 0.15) is 0 Å². The summed E-state index contributed by atoms with van der Waals surface area (Å²) in [6.07, 6.45) is 8.12. The van der Waals surface area contributed by atoms with E-state index in [0.717, 1.165) is 19.4 Å². The van der Waals surface area contributed by atoms with Gasteiger partial charge in [-0.15, -0.1) is 0 Å². The molecule has 0 saturated heterocycles. The van der Waals surface area contributed by atoms with Crippen molar-refractivity contribution in [3.05, 3.63) is 54.1 Å². The standard InChI is InChI=1S/C11H16O.C5H8N2.H2/c1-12-10-6-5-9-11-7-3-2-4-8-11;1-2-5-3-6-4-7-5;/h2-4,7-8H,5-6,9-10H2,1H3;3-4H,2H2,1H3,(H,6,7);1H. The van der Waals surface area contributed by atoms with Gasteiger partial charge in [-0.2, -0.15) is 0 Å². The molecular weight excluding hydrogens is 236 g/mol. The van der Waals surface area contributed by atoms with Crippen LogP contribution < -0.4 is 0 Å². The van der Waals surface area contributed by atoms with Crippen LogP contribution in [0, 0.1) is 0 Å². The van der Waals surface area contributed by atoms with E-state index < -0.39 is 0 Å². The molecule has 0 spiro atoms. The van der Waals surface area contributed by atoms with Crippen LogP contribution >= 0.6 is 0 Å². The summed E-state index contributed by atoms with van der Waals surface area (Å²) in [5.74, 6) is 0. The topological polar surface area (TPSA) is 37.9 Å². The zero-order chi connectivity index (χ0) is 13.8. The molecule has 1 N–H and O–H groups in total. The Morgan fingerprint density at radius 2 is 2.00 bits per heavy atom. The second kappa shape index (κ2) is 10.3. The van der Waals surface area contributed by atoms with Crippen molar-refractivity contribution in [3.63, 3.8) is 0 Å². The molecule has 0 atom stereocenters. The van der Waals surface area contributed by atoms with E-state index >= 15 is 0 Å². The lowest BCUT2D eigenvalue weighted by Gasteiger charge is -1.99. The van der Waals surface area contributed by atoms with E-state index in [0.29, 0.717) is 0 Å². The number of ether oxygens (including phenoxy) is 1. The molecule has 1 aromatic carbocycles. The minimum Gasteiger partial charge on any atom is -0.385 e. The summed E-state index contributed by atoms with van der Waals surface area (Å²) in [4.78, 5) is 6.81. The lowest BCUT2D eigenvalue weighted by atomic mass is 10.1. The van der Waals surface area contributed by atoms with Crippen molar-refractivity contribution in [2.75, 3.05) is 13.7 Å². The molecule has 0 amide bonds. The van der Waals surface area contributed by atoms with E-state index in [1.54, 1.807) is 13.4 Å². The highest BCUT2D eigenvalue weighted by Crippen LogP contribution is 2.03. The number of aromatic amines is 1. The van der Waals surface area contributed by atoms with E-state index in [4.69, 9.17) is 4.74 Å². The van der Waals surface area contributed by atoms with Gasteiger partial charge in [0.2, 0.25) is 0 Å². The van der Waals surface area contributed by atoms with Gasteiger partial charge in [-0.1, -0.05) is 37.3 Å². The molecule has 0 aliphatic rings. The molecule has 0 aliphatic carbocycles. The average Bonchev–Trinajstić information content (AvgIpc) is 2.99. The van der Waals surface area contributed by atoms with Gasteiger partial charge in [-0.05, 0) is 31.2 Å². The molecule has 19 heavy (non-hydrogen) atoms. The Kier molecular flexibility index (Phi) is 8.39. The van der Waals surface area contributed by atoms with Crippen LogP contribution in [-0.2, 0) is 17.6 Å². The van der Waals surface area contributed by atoms with Crippen molar-refractivity contribution in [3.8, 4) is 0 Å². The smallest absolute Gasteiger partial charge is 0.0921 e. The molecule has 0 radical (unpaired) electrons. The second-order valence-electron chi connectivity index (χ2n) is 4.37. The van der Waals surface area contributed by atoms with Gasteiger partial charge in [0.05, 0.1) is 6.33 Å². The number of hydrogen-bond acceptors (Lipinski definition) is 2. The molecule has 2 aromatic rings. The first-order valence-electron chi connectivity index (χ1n) is 6.87.